The number of para-hydroxylation sites is 1. The average molecular weight is 352 g/mol. The molecule has 0 aromatic heterocycles. The van der Waals surface area contributed by atoms with Gasteiger partial charge in [-0.15, -0.1) is 0 Å². The zero-order valence-corrected chi connectivity index (χ0v) is 14.7. The minimum Gasteiger partial charge on any atom is -0.454 e. The van der Waals surface area contributed by atoms with Crippen molar-refractivity contribution in [2.24, 2.45) is 5.92 Å². The van der Waals surface area contributed by atoms with Gasteiger partial charge in [-0.25, -0.2) is 0 Å². The second kappa shape index (κ2) is 6.37. The number of fused-ring (bicyclic) bond motifs is 1. The summed E-state index contributed by atoms with van der Waals surface area (Å²) in [6.45, 7) is 4.96. The summed E-state index contributed by atoms with van der Waals surface area (Å²) in [5.74, 6) is 0.903. The first-order valence-corrected chi connectivity index (χ1v) is 8.59. The standard InChI is InChI=1S/C20H20N2O4/c1-12-4-3-5-13(2)18(12)21-19(23)15-9-22(10-15)20(24)14-6-7-16-17(8-14)26-11-25-16/h3-8,15H,9-11H2,1-2H3,(H,21,23). The van der Waals surface area contributed by atoms with Crippen LogP contribution in [0.5, 0.6) is 11.5 Å². The van der Waals surface area contributed by atoms with Crippen molar-refractivity contribution in [1.82, 2.24) is 4.90 Å². The van der Waals surface area contributed by atoms with E-state index < -0.39 is 0 Å². The van der Waals surface area contributed by atoms with E-state index in [2.05, 4.69) is 5.32 Å². The number of nitrogens with zero attached hydrogens (tertiary/aromatic N) is 1. The largest absolute Gasteiger partial charge is 0.454 e. The van der Waals surface area contributed by atoms with Gasteiger partial charge < -0.3 is 19.7 Å². The van der Waals surface area contributed by atoms with Crippen LogP contribution in [-0.2, 0) is 4.79 Å². The van der Waals surface area contributed by atoms with Crippen LogP contribution in [-0.4, -0.2) is 36.6 Å². The zero-order valence-electron chi connectivity index (χ0n) is 14.7. The van der Waals surface area contributed by atoms with Gasteiger partial charge in [0.2, 0.25) is 12.7 Å². The van der Waals surface area contributed by atoms with Gasteiger partial charge in [-0.1, -0.05) is 18.2 Å². The molecular formula is C20H20N2O4. The average Bonchev–Trinajstić information content (AvgIpc) is 3.04. The molecule has 0 aliphatic carbocycles. The van der Waals surface area contributed by atoms with Crippen molar-refractivity contribution in [2.75, 3.05) is 25.2 Å². The number of nitrogens with one attached hydrogen (secondary N) is 1. The molecule has 2 heterocycles. The van der Waals surface area contributed by atoms with E-state index in [0.29, 0.717) is 30.2 Å². The molecule has 6 heteroatoms. The maximum Gasteiger partial charge on any atom is 0.254 e. The molecule has 1 fully saturated rings. The molecule has 1 saturated heterocycles. The van der Waals surface area contributed by atoms with Crippen LogP contribution in [0.25, 0.3) is 0 Å². The van der Waals surface area contributed by atoms with Gasteiger partial charge in [0.1, 0.15) is 0 Å². The third-order valence-corrected chi connectivity index (χ3v) is 4.89. The lowest BCUT2D eigenvalue weighted by molar-refractivity contribution is -0.123. The molecule has 0 unspecified atom stereocenters. The molecular weight excluding hydrogens is 332 g/mol. The van der Waals surface area contributed by atoms with Crippen molar-refractivity contribution in [3.63, 3.8) is 0 Å². The number of carbonyl (C=O) groups excluding carboxylic acids is 2. The van der Waals surface area contributed by atoms with Gasteiger partial charge in [-0.05, 0) is 43.2 Å². The summed E-state index contributed by atoms with van der Waals surface area (Å²) < 4.78 is 10.6. The number of likely N-dealkylation sites (tertiary alicyclic amines) is 1. The minimum atomic E-state index is -0.188. The number of hydrogen-bond acceptors (Lipinski definition) is 4. The smallest absolute Gasteiger partial charge is 0.254 e. The number of ether oxygens (including phenoxy) is 2. The number of aryl methyl sites for hydroxylation is 2. The summed E-state index contributed by atoms with van der Waals surface area (Å²) in [5.41, 5.74) is 3.47. The monoisotopic (exact) mass is 352 g/mol. The van der Waals surface area contributed by atoms with Gasteiger partial charge in [0.15, 0.2) is 11.5 Å². The second-order valence-corrected chi connectivity index (χ2v) is 6.73. The predicted octanol–water partition coefficient (Wildman–Crippen LogP) is 2.74. The number of carbonyl (C=O) groups is 2. The Labute approximate surface area is 151 Å². The Kier molecular flexibility index (Phi) is 4.03. The Morgan fingerprint density at radius 1 is 1.04 bits per heavy atom. The van der Waals surface area contributed by atoms with Crippen LogP contribution < -0.4 is 14.8 Å². The molecule has 6 nitrogen and oxygen atoms in total. The van der Waals surface area contributed by atoms with E-state index in [0.717, 1.165) is 16.8 Å². The Balaban J connectivity index is 1.37. The predicted molar refractivity (Wildman–Crippen MR) is 96.5 cm³/mol. The number of anilines is 1. The molecule has 26 heavy (non-hydrogen) atoms. The molecule has 2 aromatic rings. The number of benzene rings is 2. The Bertz CT molecular complexity index is 867. The lowest BCUT2D eigenvalue weighted by Gasteiger charge is -2.38. The molecule has 0 radical (unpaired) electrons. The zero-order chi connectivity index (χ0) is 18.3. The Morgan fingerprint density at radius 2 is 1.73 bits per heavy atom. The van der Waals surface area contributed by atoms with Crippen LogP contribution in [0.2, 0.25) is 0 Å². The summed E-state index contributed by atoms with van der Waals surface area (Å²) in [5, 5.41) is 3.00. The van der Waals surface area contributed by atoms with Crippen LogP contribution in [0.15, 0.2) is 36.4 Å². The Morgan fingerprint density at radius 3 is 2.46 bits per heavy atom. The first-order chi connectivity index (χ1) is 12.5. The number of hydrogen-bond donors (Lipinski definition) is 1. The quantitative estimate of drug-likeness (QED) is 0.922. The molecule has 0 atom stereocenters. The summed E-state index contributed by atoms with van der Waals surface area (Å²) in [6, 6.07) is 11.1. The Hall–Kier alpha value is -3.02. The van der Waals surface area contributed by atoms with Crippen molar-refractivity contribution >= 4 is 17.5 Å². The maximum atomic E-state index is 12.6. The molecule has 0 bridgehead atoms. The summed E-state index contributed by atoms with van der Waals surface area (Å²) in [6.07, 6.45) is 0. The summed E-state index contributed by atoms with van der Waals surface area (Å²) in [4.78, 5) is 26.7. The van der Waals surface area contributed by atoms with E-state index >= 15 is 0 Å². The molecule has 0 spiro atoms. The van der Waals surface area contributed by atoms with Crippen molar-refractivity contribution < 1.29 is 19.1 Å². The molecule has 2 aromatic carbocycles. The van der Waals surface area contributed by atoms with E-state index in [-0.39, 0.29) is 24.5 Å². The number of rotatable bonds is 3. The summed E-state index contributed by atoms with van der Waals surface area (Å²) in [7, 11) is 0. The van der Waals surface area contributed by atoms with Crippen molar-refractivity contribution in [1.29, 1.82) is 0 Å². The van der Waals surface area contributed by atoms with Crippen LogP contribution in [0.4, 0.5) is 5.69 Å². The van der Waals surface area contributed by atoms with Crippen LogP contribution in [0.1, 0.15) is 21.5 Å². The topological polar surface area (TPSA) is 67.9 Å². The van der Waals surface area contributed by atoms with Gasteiger partial charge in [0.05, 0.1) is 5.92 Å². The molecule has 2 aliphatic heterocycles. The van der Waals surface area contributed by atoms with Crippen molar-refractivity contribution in [3.05, 3.63) is 53.1 Å². The normalized spacial score (nSPS) is 15.5. The van der Waals surface area contributed by atoms with E-state index in [4.69, 9.17) is 9.47 Å². The summed E-state index contributed by atoms with van der Waals surface area (Å²) >= 11 is 0. The molecule has 2 aliphatic rings. The van der Waals surface area contributed by atoms with E-state index in [1.165, 1.54) is 0 Å². The van der Waals surface area contributed by atoms with Crippen molar-refractivity contribution in [2.45, 2.75) is 13.8 Å². The van der Waals surface area contributed by atoms with Gasteiger partial charge in [-0.3, -0.25) is 9.59 Å². The highest BCUT2D eigenvalue weighted by Crippen LogP contribution is 2.33. The fourth-order valence-electron chi connectivity index (χ4n) is 3.26. The van der Waals surface area contributed by atoms with Gasteiger partial charge in [0.25, 0.3) is 5.91 Å². The highest BCUT2D eigenvalue weighted by Gasteiger charge is 2.36. The maximum absolute atomic E-state index is 12.6. The fourth-order valence-corrected chi connectivity index (χ4v) is 3.26. The SMILES string of the molecule is Cc1cccc(C)c1NC(=O)C1CN(C(=O)c2ccc3c(c2)OCO3)C1. The van der Waals surface area contributed by atoms with E-state index in [9.17, 15) is 9.59 Å². The molecule has 4 rings (SSSR count). The van der Waals surface area contributed by atoms with Crippen molar-refractivity contribution in [3.8, 4) is 11.5 Å². The lowest BCUT2D eigenvalue weighted by atomic mass is 9.97. The van der Waals surface area contributed by atoms with Gasteiger partial charge in [-0.2, -0.15) is 0 Å². The first kappa shape index (κ1) is 16.4. The van der Waals surface area contributed by atoms with Crippen LogP contribution >= 0.6 is 0 Å². The van der Waals surface area contributed by atoms with E-state index in [1.54, 1.807) is 23.1 Å². The minimum absolute atomic E-state index is 0.0443. The van der Waals surface area contributed by atoms with E-state index in [1.807, 2.05) is 32.0 Å². The molecule has 134 valence electrons. The van der Waals surface area contributed by atoms with Crippen LogP contribution in [0, 0.1) is 19.8 Å². The highest BCUT2D eigenvalue weighted by molar-refractivity contribution is 5.99. The molecule has 2 amide bonds. The fraction of sp³-hybridized carbons (Fsp3) is 0.300. The highest BCUT2D eigenvalue weighted by atomic mass is 16.7. The van der Waals surface area contributed by atoms with Gasteiger partial charge in [0, 0.05) is 24.3 Å². The van der Waals surface area contributed by atoms with Crippen LogP contribution in [0.3, 0.4) is 0 Å². The first-order valence-electron chi connectivity index (χ1n) is 8.59. The lowest BCUT2D eigenvalue weighted by Crippen LogP contribution is -2.54. The molecule has 1 N–H and O–H groups in total. The molecule has 0 saturated carbocycles. The third kappa shape index (κ3) is 2.87. The third-order valence-electron chi connectivity index (χ3n) is 4.89. The number of amides is 2. The van der Waals surface area contributed by atoms with Gasteiger partial charge >= 0.3 is 0 Å². The second-order valence-electron chi connectivity index (χ2n) is 6.73.